The summed E-state index contributed by atoms with van der Waals surface area (Å²) in [7, 11) is 0. The number of rotatable bonds is 5. The second-order valence-electron chi connectivity index (χ2n) is 4.11. The molecule has 0 saturated carbocycles. The van der Waals surface area contributed by atoms with Gasteiger partial charge in [0, 0.05) is 11.0 Å². The van der Waals surface area contributed by atoms with Gasteiger partial charge in [0.1, 0.15) is 5.78 Å². The molecule has 3 heteroatoms. The number of hydrogen-bond acceptors (Lipinski definition) is 3. The first-order chi connectivity index (χ1) is 6.27. The molecule has 0 spiro atoms. The van der Waals surface area contributed by atoms with Crippen molar-refractivity contribution in [3.63, 3.8) is 0 Å². The van der Waals surface area contributed by atoms with Crippen LogP contribution in [0, 0.1) is 5.41 Å². The summed E-state index contributed by atoms with van der Waals surface area (Å²) in [6.45, 7) is 10.5. The smallest absolute Gasteiger partial charge is 0.333 e. The quantitative estimate of drug-likeness (QED) is 0.502. The molecule has 0 aromatic heterocycles. The highest BCUT2D eigenvalue weighted by molar-refractivity contribution is 5.87. The van der Waals surface area contributed by atoms with E-state index in [2.05, 4.69) is 6.58 Å². The molecule has 0 fully saturated rings. The molecule has 0 aromatic carbocycles. The van der Waals surface area contributed by atoms with Gasteiger partial charge in [-0.05, 0) is 20.3 Å². The molecule has 0 atom stereocenters. The van der Waals surface area contributed by atoms with Gasteiger partial charge in [0.2, 0.25) is 0 Å². The van der Waals surface area contributed by atoms with E-state index in [-0.39, 0.29) is 12.4 Å². The Morgan fingerprint density at radius 3 is 2.14 bits per heavy atom. The Bertz CT molecular complexity index is 251. The molecule has 3 nitrogen and oxygen atoms in total. The van der Waals surface area contributed by atoms with Gasteiger partial charge < -0.3 is 4.74 Å². The van der Waals surface area contributed by atoms with Gasteiger partial charge in [0.15, 0.2) is 0 Å². The number of Topliss-reactive ketones (excluding diaryl/α,β-unsaturated/α-hetero) is 1. The van der Waals surface area contributed by atoms with Crippen molar-refractivity contribution in [1.29, 1.82) is 0 Å². The van der Waals surface area contributed by atoms with Crippen LogP contribution in [0.2, 0.25) is 0 Å². The van der Waals surface area contributed by atoms with E-state index in [1.54, 1.807) is 13.8 Å². The number of esters is 1. The Labute approximate surface area is 85.1 Å². The second kappa shape index (κ2) is 4.94. The van der Waals surface area contributed by atoms with Crippen molar-refractivity contribution in [2.75, 3.05) is 6.61 Å². The molecule has 0 rings (SSSR count). The van der Waals surface area contributed by atoms with Gasteiger partial charge in [0.05, 0.1) is 6.61 Å². The van der Waals surface area contributed by atoms with Gasteiger partial charge >= 0.3 is 5.97 Å². The average molecular weight is 198 g/mol. The van der Waals surface area contributed by atoms with Crippen LogP contribution in [-0.4, -0.2) is 18.4 Å². The number of carbonyl (C=O) groups excluding carboxylic acids is 2. The predicted molar refractivity (Wildman–Crippen MR) is 54.9 cm³/mol. The Morgan fingerprint density at radius 1 is 1.29 bits per heavy atom. The molecule has 0 radical (unpaired) electrons. The van der Waals surface area contributed by atoms with Gasteiger partial charge in [0.25, 0.3) is 0 Å². The van der Waals surface area contributed by atoms with E-state index < -0.39 is 11.4 Å². The largest absolute Gasteiger partial charge is 0.462 e. The highest BCUT2D eigenvalue weighted by atomic mass is 16.5. The lowest BCUT2D eigenvalue weighted by atomic mass is 9.86. The van der Waals surface area contributed by atoms with Crippen LogP contribution in [0.25, 0.3) is 0 Å². The molecule has 0 aromatic rings. The summed E-state index contributed by atoms with van der Waals surface area (Å²) < 4.78 is 4.90. The summed E-state index contributed by atoms with van der Waals surface area (Å²) >= 11 is 0. The molecule has 0 amide bonds. The molecule has 0 unspecified atom stereocenters. The van der Waals surface area contributed by atoms with Crippen LogP contribution in [0.5, 0.6) is 0 Å². The molecular formula is C11H18O3. The summed E-state index contributed by atoms with van der Waals surface area (Å²) in [5.74, 6) is -0.298. The molecule has 0 aliphatic carbocycles. The highest BCUT2D eigenvalue weighted by Crippen LogP contribution is 2.21. The average Bonchev–Trinajstić information content (AvgIpc) is 2.03. The Hall–Kier alpha value is -1.12. The van der Waals surface area contributed by atoms with Crippen LogP contribution in [0.3, 0.4) is 0 Å². The molecule has 0 aliphatic heterocycles. The summed E-state index contributed by atoms with van der Waals surface area (Å²) in [6.07, 6.45) is 0.543. The fraction of sp³-hybridized carbons (Fsp3) is 0.636. The third-order valence-corrected chi connectivity index (χ3v) is 2.26. The van der Waals surface area contributed by atoms with E-state index in [9.17, 15) is 9.59 Å². The molecular weight excluding hydrogens is 180 g/mol. The van der Waals surface area contributed by atoms with Crippen molar-refractivity contribution < 1.29 is 14.3 Å². The van der Waals surface area contributed by atoms with E-state index in [1.165, 1.54) is 0 Å². The van der Waals surface area contributed by atoms with Crippen LogP contribution in [0.4, 0.5) is 0 Å². The van der Waals surface area contributed by atoms with Crippen LogP contribution in [-0.2, 0) is 14.3 Å². The van der Waals surface area contributed by atoms with Crippen LogP contribution in [0.15, 0.2) is 12.2 Å². The number of ketones is 1. The van der Waals surface area contributed by atoms with Crippen molar-refractivity contribution in [2.45, 2.75) is 34.1 Å². The van der Waals surface area contributed by atoms with Crippen molar-refractivity contribution in [3.05, 3.63) is 12.2 Å². The summed E-state index contributed by atoms with van der Waals surface area (Å²) in [5.41, 5.74) is -0.0411. The summed E-state index contributed by atoms with van der Waals surface area (Å²) in [6, 6.07) is 0. The Morgan fingerprint density at radius 2 is 1.79 bits per heavy atom. The van der Waals surface area contributed by atoms with Gasteiger partial charge in [-0.3, -0.25) is 4.79 Å². The zero-order chi connectivity index (χ0) is 11.4. The summed E-state index contributed by atoms with van der Waals surface area (Å²) in [5, 5.41) is 0. The van der Waals surface area contributed by atoms with Gasteiger partial charge in [-0.2, -0.15) is 0 Å². The third kappa shape index (κ3) is 4.21. The number of ether oxygens (including phenoxy) is 1. The van der Waals surface area contributed by atoms with Crippen molar-refractivity contribution >= 4 is 11.8 Å². The maximum absolute atomic E-state index is 11.1. The van der Waals surface area contributed by atoms with Gasteiger partial charge in [-0.1, -0.05) is 20.4 Å². The number of hydrogen-bond donors (Lipinski definition) is 0. The Balaban J connectivity index is 3.91. The molecule has 0 N–H and O–H groups in total. The molecule has 0 saturated heterocycles. The number of carbonyl (C=O) groups is 2. The van der Waals surface area contributed by atoms with E-state index >= 15 is 0 Å². The van der Waals surface area contributed by atoms with E-state index in [4.69, 9.17) is 4.74 Å². The van der Waals surface area contributed by atoms with Crippen LogP contribution < -0.4 is 0 Å². The summed E-state index contributed by atoms with van der Waals surface area (Å²) in [4.78, 5) is 22.1. The maximum atomic E-state index is 11.1. The molecule has 80 valence electrons. The molecule has 14 heavy (non-hydrogen) atoms. The van der Waals surface area contributed by atoms with Crippen molar-refractivity contribution in [1.82, 2.24) is 0 Å². The van der Waals surface area contributed by atoms with E-state index in [0.29, 0.717) is 12.0 Å². The molecule has 0 aliphatic rings. The highest BCUT2D eigenvalue weighted by Gasteiger charge is 2.23. The van der Waals surface area contributed by atoms with E-state index in [0.717, 1.165) is 0 Å². The lowest BCUT2D eigenvalue weighted by molar-refractivity contribution is -0.141. The minimum atomic E-state index is -0.421. The minimum Gasteiger partial charge on any atom is -0.462 e. The fourth-order valence-corrected chi connectivity index (χ4v) is 0.698. The zero-order valence-corrected chi connectivity index (χ0v) is 9.35. The first kappa shape index (κ1) is 12.9. The second-order valence-corrected chi connectivity index (χ2v) is 4.11. The lowest BCUT2D eigenvalue weighted by Crippen LogP contribution is -2.24. The molecule has 0 heterocycles. The maximum Gasteiger partial charge on any atom is 0.333 e. The van der Waals surface area contributed by atoms with Crippen molar-refractivity contribution in [2.24, 2.45) is 5.41 Å². The van der Waals surface area contributed by atoms with Gasteiger partial charge in [-0.15, -0.1) is 0 Å². The predicted octanol–water partition coefficient (Wildman–Crippen LogP) is 2.11. The van der Waals surface area contributed by atoms with E-state index in [1.807, 2.05) is 13.8 Å². The third-order valence-electron chi connectivity index (χ3n) is 2.26. The van der Waals surface area contributed by atoms with Crippen LogP contribution >= 0.6 is 0 Å². The minimum absolute atomic E-state index is 0.101. The van der Waals surface area contributed by atoms with Gasteiger partial charge in [-0.25, -0.2) is 4.79 Å². The Kier molecular flexibility index (Phi) is 4.54. The zero-order valence-electron chi connectivity index (χ0n) is 9.35. The first-order valence-electron chi connectivity index (χ1n) is 4.61. The first-order valence-corrected chi connectivity index (χ1v) is 4.61. The molecule has 0 bridgehead atoms. The van der Waals surface area contributed by atoms with Crippen LogP contribution in [0.1, 0.15) is 34.1 Å². The topological polar surface area (TPSA) is 43.4 Å². The normalized spacial score (nSPS) is 10.9. The monoisotopic (exact) mass is 198 g/mol. The fourth-order valence-electron chi connectivity index (χ4n) is 0.698. The lowest BCUT2D eigenvalue weighted by Gasteiger charge is -2.20. The SMILES string of the molecule is C=C(C)C(=O)OCCC(C)(C)C(C)=O. The standard InChI is InChI=1S/C11H18O3/c1-8(2)10(13)14-7-6-11(4,5)9(3)12/h1,6-7H2,2-5H3. The van der Waals surface area contributed by atoms with Crippen molar-refractivity contribution in [3.8, 4) is 0 Å².